The maximum Gasteiger partial charge on any atom is 0.223 e. The van der Waals surface area contributed by atoms with E-state index in [9.17, 15) is 4.79 Å². The quantitative estimate of drug-likeness (QED) is 0.878. The number of nitrogens with one attached hydrogen (secondary N) is 1. The van der Waals surface area contributed by atoms with Gasteiger partial charge in [-0.1, -0.05) is 30.3 Å². The summed E-state index contributed by atoms with van der Waals surface area (Å²) in [6, 6.07) is 10.8. The van der Waals surface area contributed by atoms with Crippen LogP contribution in [0, 0.1) is 5.92 Å². The molecule has 0 aliphatic heterocycles. The number of carbonyl (C=O) groups excluding carboxylic acids is 1. The Kier molecular flexibility index (Phi) is 7.03. The van der Waals surface area contributed by atoms with Crippen molar-refractivity contribution in [2.75, 3.05) is 0 Å². The molecule has 2 rings (SSSR count). The van der Waals surface area contributed by atoms with Crippen molar-refractivity contribution in [3.8, 4) is 0 Å². The summed E-state index contributed by atoms with van der Waals surface area (Å²) in [5.41, 5.74) is 7.17. The second-order valence-corrected chi connectivity index (χ2v) is 5.70. The molecule has 0 bridgehead atoms. The van der Waals surface area contributed by atoms with E-state index in [1.165, 1.54) is 5.56 Å². The standard InChI is InChI=1S/C16H24N2O.ClH/c1-12(7-8-13-5-3-2-4-6-13)18-16(19)14-9-10-15(17)11-14;/h2-6,12,14-15H,7-11,17H2,1H3,(H,18,19);1H. The first-order valence-electron chi connectivity index (χ1n) is 7.25. The summed E-state index contributed by atoms with van der Waals surface area (Å²) >= 11 is 0. The van der Waals surface area contributed by atoms with Gasteiger partial charge in [0.05, 0.1) is 0 Å². The summed E-state index contributed by atoms with van der Waals surface area (Å²) in [4.78, 5) is 12.0. The first-order chi connectivity index (χ1) is 9.15. The van der Waals surface area contributed by atoms with Crippen molar-refractivity contribution in [2.24, 2.45) is 11.7 Å². The molecular formula is C16H25ClN2O. The van der Waals surface area contributed by atoms with Crippen molar-refractivity contribution in [1.82, 2.24) is 5.32 Å². The van der Waals surface area contributed by atoms with E-state index < -0.39 is 0 Å². The van der Waals surface area contributed by atoms with Gasteiger partial charge in [0.2, 0.25) is 5.91 Å². The van der Waals surface area contributed by atoms with Crippen LogP contribution in [-0.2, 0) is 11.2 Å². The van der Waals surface area contributed by atoms with Crippen molar-refractivity contribution >= 4 is 18.3 Å². The zero-order valence-electron chi connectivity index (χ0n) is 12.0. The van der Waals surface area contributed by atoms with Gasteiger partial charge in [0.15, 0.2) is 0 Å². The lowest BCUT2D eigenvalue weighted by molar-refractivity contribution is -0.125. The second kappa shape index (κ2) is 8.28. The smallest absolute Gasteiger partial charge is 0.223 e. The number of nitrogens with two attached hydrogens (primary N) is 1. The molecule has 1 aliphatic rings. The van der Waals surface area contributed by atoms with Crippen LogP contribution in [0.15, 0.2) is 30.3 Å². The van der Waals surface area contributed by atoms with Gasteiger partial charge in [-0.3, -0.25) is 4.79 Å². The molecule has 1 aliphatic carbocycles. The average Bonchev–Trinajstić information content (AvgIpc) is 2.84. The Bertz CT molecular complexity index is 410. The third-order valence-corrected chi connectivity index (χ3v) is 3.94. The molecule has 1 amide bonds. The Morgan fingerprint density at radius 3 is 2.65 bits per heavy atom. The Labute approximate surface area is 127 Å². The number of hydrogen-bond donors (Lipinski definition) is 2. The fraction of sp³-hybridized carbons (Fsp3) is 0.562. The monoisotopic (exact) mass is 296 g/mol. The fourth-order valence-corrected chi connectivity index (χ4v) is 2.72. The van der Waals surface area contributed by atoms with Gasteiger partial charge >= 0.3 is 0 Å². The molecule has 4 heteroatoms. The highest BCUT2D eigenvalue weighted by Gasteiger charge is 2.28. The lowest BCUT2D eigenvalue weighted by Crippen LogP contribution is -2.37. The van der Waals surface area contributed by atoms with Crippen molar-refractivity contribution in [2.45, 2.75) is 51.1 Å². The molecule has 3 atom stereocenters. The van der Waals surface area contributed by atoms with Crippen molar-refractivity contribution < 1.29 is 4.79 Å². The molecule has 1 fully saturated rings. The molecule has 0 spiro atoms. The molecule has 3 unspecified atom stereocenters. The van der Waals surface area contributed by atoms with Gasteiger partial charge < -0.3 is 11.1 Å². The van der Waals surface area contributed by atoms with Gasteiger partial charge in [-0.05, 0) is 44.6 Å². The lowest BCUT2D eigenvalue weighted by Gasteiger charge is -2.17. The number of amides is 1. The summed E-state index contributed by atoms with van der Waals surface area (Å²) in [7, 11) is 0. The fourth-order valence-electron chi connectivity index (χ4n) is 2.72. The third kappa shape index (κ3) is 5.14. The molecule has 0 saturated heterocycles. The number of benzene rings is 1. The number of aryl methyl sites for hydroxylation is 1. The predicted octanol–water partition coefficient (Wildman–Crippen LogP) is 2.67. The zero-order valence-corrected chi connectivity index (χ0v) is 12.9. The molecule has 1 aromatic carbocycles. The van der Waals surface area contributed by atoms with E-state index in [1.807, 2.05) is 6.07 Å². The van der Waals surface area contributed by atoms with Gasteiger partial charge in [-0.25, -0.2) is 0 Å². The van der Waals surface area contributed by atoms with E-state index in [-0.39, 0.29) is 36.3 Å². The summed E-state index contributed by atoms with van der Waals surface area (Å²) in [6.07, 6.45) is 4.76. The highest BCUT2D eigenvalue weighted by molar-refractivity contribution is 5.85. The minimum Gasteiger partial charge on any atom is -0.353 e. The van der Waals surface area contributed by atoms with Gasteiger partial charge in [0.25, 0.3) is 0 Å². The van der Waals surface area contributed by atoms with Crippen LogP contribution in [0.25, 0.3) is 0 Å². The molecule has 20 heavy (non-hydrogen) atoms. The minimum absolute atomic E-state index is 0. The molecule has 0 heterocycles. The van der Waals surface area contributed by atoms with Gasteiger partial charge in [-0.15, -0.1) is 12.4 Å². The van der Waals surface area contributed by atoms with E-state index in [0.29, 0.717) is 0 Å². The molecule has 1 aromatic rings. The van der Waals surface area contributed by atoms with Crippen molar-refractivity contribution in [1.29, 1.82) is 0 Å². The van der Waals surface area contributed by atoms with Crippen LogP contribution in [-0.4, -0.2) is 18.0 Å². The summed E-state index contributed by atoms with van der Waals surface area (Å²) in [6.45, 7) is 2.08. The van der Waals surface area contributed by atoms with Crippen LogP contribution in [0.5, 0.6) is 0 Å². The Balaban J connectivity index is 0.00000200. The number of hydrogen-bond acceptors (Lipinski definition) is 2. The van der Waals surface area contributed by atoms with Crippen LogP contribution >= 0.6 is 12.4 Å². The maximum absolute atomic E-state index is 12.0. The highest BCUT2D eigenvalue weighted by Crippen LogP contribution is 2.24. The zero-order chi connectivity index (χ0) is 13.7. The number of carbonyl (C=O) groups is 1. The van der Waals surface area contributed by atoms with Crippen molar-refractivity contribution in [3.05, 3.63) is 35.9 Å². The largest absolute Gasteiger partial charge is 0.353 e. The van der Waals surface area contributed by atoms with Crippen molar-refractivity contribution in [3.63, 3.8) is 0 Å². The molecule has 3 N–H and O–H groups in total. The van der Waals surface area contributed by atoms with E-state index >= 15 is 0 Å². The summed E-state index contributed by atoms with van der Waals surface area (Å²) in [5.74, 6) is 0.322. The van der Waals surface area contributed by atoms with Gasteiger partial charge in [0.1, 0.15) is 0 Å². The highest BCUT2D eigenvalue weighted by atomic mass is 35.5. The SMILES string of the molecule is CC(CCc1ccccc1)NC(=O)C1CCC(N)C1.Cl. The van der Waals surface area contributed by atoms with Crippen LogP contribution in [0.3, 0.4) is 0 Å². The number of halogens is 1. The second-order valence-electron chi connectivity index (χ2n) is 5.70. The average molecular weight is 297 g/mol. The van der Waals surface area contributed by atoms with Crippen LogP contribution in [0.2, 0.25) is 0 Å². The molecular weight excluding hydrogens is 272 g/mol. The van der Waals surface area contributed by atoms with E-state index in [4.69, 9.17) is 5.73 Å². The van der Waals surface area contributed by atoms with Crippen LogP contribution < -0.4 is 11.1 Å². The van der Waals surface area contributed by atoms with Crippen LogP contribution in [0.1, 0.15) is 38.2 Å². The summed E-state index contributed by atoms with van der Waals surface area (Å²) in [5, 5.41) is 3.12. The van der Waals surface area contributed by atoms with E-state index in [0.717, 1.165) is 32.1 Å². The molecule has 0 radical (unpaired) electrons. The minimum atomic E-state index is 0. The third-order valence-electron chi connectivity index (χ3n) is 3.94. The topological polar surface area (TPSA) is 55.1 Å². The Morgan fingerprint density at radius 1 is 1.35 bits per heavy atom. The first-order valence-corrected chi connectivity index (χ1v) is 7.25. The molecule has 112 valence electrons. The van der Waals surface area contributed by atoms with Crippen LogP contribution in [0.4, 0.5) is 0 Å². The molecule has 3 nitrogen and oxygen atoms in total. The summed E-state index contributed by atoms with van der Waals surface area (Å²) < 4.78 is 0. The Morgan fingerprint density at radius 2 is 2.05 bits per heavy atom. The predicted molar refractivity (Wildman–Crippen MR) is 84.9 cm³/mol. The lowest BCUT2D eigenvalue weighted by atomic mass is 10.0. The molecule has 0 aromatic heterocycles. The van der Waals surface area contributed by atoms with Gasteiger partial charge in [0, 0.05) is 18.0 Å². The van der Waals surface area contributed by atoms with E-state index in [1.54, 1.807) is 0 Å². The van der Waals surface area contributed by atoms with Gasteiger partial charge in [-0.2, -0.15) is 0 Å². The molecule has 1 saturated carbocycles. The van der Waals surface area contributed by atoms with E-state index in [2.05, 4.69) is 36.5 Å². The normalized spacial score (nSPS) is 22.9. The maximum atomic E-state index is 12.0. The Hall–Kier alpha value is -1.06. The first kappa shape index (κ1) is 17.0. The number of rotatable bonds is 5.